The normalized spacial score (nSPS) is 9.53. The van der Waals surface area contributed by atoms with Gasteiger partial charge in [0.25, 0.3) is 0 Å². The largest absolute Gasteiger partial charge is 0.465 e. The number of aromatic nitrogens is 1. The zero-order valence-electron chi connectivity index (χ0n) is 9.20. The third-order valence-corrected chi connectivity index (χ3v) is 1.89. The second kappa shape index (κ2) is 6.70. The smallest absolute Gasteiger partial charge is 0.325 e. The van der Waals surface area contributed by atoms with Gasteiger partial charge < -0.3 is 10.1 Å². The van der Waals surface area contributed by atoms with Crippen molar-refractivity contribution in [1.29, 1.82) is 0 Å². The third-order valence-electron chi connectivity index (χ3n) is 1.67. The topological polar surface area (TPSA) is 80.3 Å². The van der Waals surface area contributed by atoms with E-state index in [1.807, 2.05) is 0 Å². The fourth-order valence-corrected chi connectivity index (χ4v) is 1.09. The molecule has 7 heteroatoms. The number of halogens is 1. The van der Waals surface area contributed by atoms with E-state index < -0.39 is 12.0 Å². The highest BCUT2D eigenvalue weighted by Crippen LogP contribution is 2.08. The van der Waals surface area contributed by atoms with Gasteiger partial charge in [0, 0.05) is 6.20 Å². The molecule has 1 aromatic rings. The molecule has 0 saturated carbocycles. The Balaban J connectivity index is 2.34. The summed E-state index contributed by atoms with van der Waals surface area (Å²) < 4.78 is 4.64. The van der Waals surface area contributed by atoms with Crippen LogP contribution in [0.25, 0.3) is 0 Å². The number of nitrogens with one attached hydrogen (secondary N) is 2. The second-order valence-electron chi connectivity index (χ2n) is 2.97. The van der Waals surface area contributed by atoms with Crippen molar-refractivity contribution in [3.63, 3.8) is 0 Å². The maximum absolute atomic E-state index is 11.3. The van der Waals surface area contributed by atoms with Crippen LogP contribution in [0.2, 0.25) is 5.02 Å². The molecule has 1 rings (SSSR count). The summed E-state index contributed by atoms with van der Waals surface area (Å²) in [6, 6.07) is 2.61. The van der Waals surface area contributed by atoms with Gasteiger partial charge in [-0.15, -0.1) is 0 Å². The lowest BCUT2D eigenvalue weighted by Crippen LogP contribution is -2.34. The number of amides is 2. The molecule has 0 aromatic carbocycles. The summed E-state index contributed by atoms with van der Waals surface area (Å²) in [7, 11) is 0. The Bertz CT molecular complexity index is 394. The minimum absolute atomic E-state index is 0.187. The van der Waals surface area contributed by atoms with Gasteiger partial charge in [-0.3, -0.25) is 10.1 Å². The van der Waals surface area contributed by atoms with Crippen LogP contribution in [0.4, 0.5) is 10.6 Å². The Morgan fingerprint density at radius 3 is 2.82 bits per heavy atom. The number of urea groups is 1. The summed E-state index contributed by atoms with van der Waals surface area (Å²) in [5, 5.41) is 5.25. The first kappa shape index (κ1) is 13.2. The van der Waals surface area contributed by atoms with Gasteiger partial charge in [0.05, 0.1) is 11.6 Å². The van der Waals surface area contributed by atoms with Crippen molar-refractivity contribution in [2.24, 2.45) is 0 Å². The number of ether oxygens (including phenoxy) is 1. The lowest BCUT2D eigenvalue weighted by Gasteiger charge is -2.06. The number of hydrogen-bond acceptors (Lipinski definition) is 4. The zero-order valence-corrected chi connectivity index (χ0v) is 9.95. The molecule has 0 fully saturated rings. The average Bonchev–Trinajstić information content (AvgIpc) is 2.30. The number of hydrogen-bond donors (Lipinski definition) is 2. The lowest BCUT2D eigenvalue weighted by atomic mass is 10.4. The Labute approximate surface area is 103 Å². The number of anilines is 1. The minimum atomic E-state index is -0.534. The van der Waals surface area contributed by atoms with Crippen LogP contribution in [0.5, 0.6) is 0 Å². The van der Waals surface area contributed by atoms with Crippen molar-refractivity contribution >= 4 is 29.4 Å². The van der Waals surface area contributed by atoms with Crippen molar-refractivity contribution in [2.75, 3.05) is 18.5 Å². The number of carbonyl (C=O) groups is 2. The van der Waals surface area contributed by atoms with E-state index in [4.69, 9.17) is 11.6 Å². The van der Waals surface area contributed by atoms with Gasteiger partial charge >= 0.3 is 12.0 Å². The van der Waals surface area contributed by atoms with Crippen LogP contribution in [0, 0.1) is 0 Å². The van der Waals surface area contributed by atoms with Crippen LogP contribution in [-0.2, 0) is 9.53 Å². The molecule has 0 unspecified atom stereocenters. The van der Waals surface area contributed by atoms with Crippen molar-refractivity contribution in [2.45, 2.75) is 6.92 Å². The molecule has 0 radical (unpaired) electrons. The first-order valence-electron chi connectivity index (χ1n) is 4.94. The van der Waals surface area contributed by atoms with Crippen LogP contribution >= 0.6 is 11.6 Å². The number of nitrogens with zero attached hydrogens (tertiary/aromatic N) is 1. The van der Waals surface area contributed by atoms with E-state index in [0.717, 1.165) is 0 Å². The molecule has 17 heavy (non-hydrogen) atoms. The van der Waals surface area contributed by atoms with E-state index in [1.54, 1.807) is 19.1 Å². The predicted octanol–water partition coefficient (Wildman–Crippen LogP) is 1.42. The molecular weight excluding hydrogens is 246 g/mol. The highest BCUT2D eigenvalue weighted by Gasteiger charge is 2.06. The second-order valence-corrected chi connectivity index (χ2v) is 3.41. The highest BCUT2D eigenvalue weighted by molar-refractivity contribution is 6.30. The van der Waals surface area contributed by atoms with Crippen molar-refractivity contribution in [3.05, 3.63) is 23.4 Å². The molecular formula is C10H12ClN3O3. The monoisotopic (exact) mass is 257 g/mol. The average molecular weight is 258 g/mol. The molecule has 2 N–H and O–H groups in total. The van der Waals surface area contributed by atoms with E-state index in [-0.39, 0.29) is 13.2 Å². The van der Waals surface area contributed by atoms with Gasteiger partial charge in [-0.2, -0.15) is 0 Å². The van der Waals surface area contributed by atoms with Crippen LogP contribution < -0.4 is 10.6 Å². The van der Waals surface area contributed by atoms with Crippen LogP contribution in [0.1, 0.15) is 6.92 Å². The summed E-state index contributed by atoms with van der Waals surface area (Å²) in [6.45, 7) is 1.78. The standard InChI is InChI=1S/C10H12ClN3O3/c1-2-17-9(15)6-13-10(16)14-8-4-3-7(11)5-12-8/h3-5H,2,6H2,1H3,(H2,12,13,14,16). The lowest BCUT2D eigenvalue weighted by molar-refractivity contribution is -0.141. The minimum Gasteiger partial charge on any atom is -0.465 e. The predicted molar refractivity (Wildman–Crippen MR) is 62.9 cm³/mol. The van der Waals surface area contributed by atoms with Crippen molar-refractivity contribution in [1.82, 2.24) is 10.3 Å². The fraction of sp³-hybridized carbons (Fsp3) is 0.300. The Kier molecular flexibility index (Phi) is 5.22. The number of carbonyl (C=O) groups excluding carboxylic acids is 2. The summed E-state index contributed by atoms with van der Waals surface area (Å²) in [5.41, 5.74) is 0. The molecule has 1 heterocycles. The van der Waals surface area contributed by atoms with E-state index in [2.05, 4.69) is 20.4 Å². The molecule has 0 aliphatic rings. The molecule has 92 valence electrons. The first-order chi connectivity index (χ1) is 8.11. The fourth-order valence-electron chi connectivity index (χ4n) is 0.975. The number of esters is 1. The summed E-state index contributed by atoms with van der Waals surface area (Å²) >= 11 is 5.63. The Morgan fingerprint density at radius 1 is 1.47 bits per heavy atom. The van der Waals surface area contributed by atoms with Gasteiger partial charge in [-0.05, 0) is 19.1 Å². The summed E-state index contributed by atoms with van der Waals surface area (Å²) in [5.74, 6) is -0.150. The summed E-state index contributed by atoms with van der Waals surface area (Å²) in [4.78, 5) is 26.1. The zero-order chi connectivity index (χ0) is 12.7. The van der Waals surface area contributed by atoms with Gasteiger partial charge in [-0.25, -0.2) is 9.78 Å². The highest BCUT2D eigenvalue weighted by atomic mass is 35.5. The quantitative estimate of drug-likeness (QED) is 0.800. The third kappa shape index (κ3) is 5.17. The Hall–Kier alpha value is -1.82. The molecule has 2 amide bonds. The maximum atomic E-state index is 11.3. The van der Waals surface area contributed by atoms with Crippen LogP contribution in [0.3, 0.4) is 0 Å². The van der Waals surface area contributed by atoms with Gasteiger partial charge in [0.2, 0.25) is 0 Å². The van der Waals surface area contributed by atoms with E-state index in [0.29, 0.717) is 10.8 Å². The van der Waals surface area contributed by atoms with Gasteiger partial charge in [0.15, 0.2) is 0 Å². The molecule has 0 aliphatic carbocycles. The first-order valence-corrected chi connectivity index (χ1v) is 5.31. The SMILES string of the molecule is CCOC(=O)CNC(=O)Nc1ccc(Cl)cn1. The van der Waals surface area contributed by atoms with E-state index in [9.17, 15) is 9.59 Å². The molecule has 0 saturated heterocycles. The van der Waals surface area contributed by atoms with Gasteiger partial charge in [0.1, 0.15) is 12.4 Å². The summed E-state index contributed by atoms with van der Waals surface area (Å²) in [6.07, 6.45) is 1.41. The molecule has 0 bridgehead atoms. The molecule has 0 spiro atoms. The van der Waals surface area contributed by atoms with E-state index in [1.165, 1.54) is 6.20 Å². The maximum Gasteiger partial charge on any atom is 0.325 e. The molecule has 0 aliphatic heterocycles. The van der Waals surface area contributed by atoms with Gasteiger partial charge in [-0.1, -0.05) is 11.6 Å². The molecule has 1 aromatic heterocycles. The van der Waals surface area contributed by atoms with E-state index >= 15 is 0 Å². The van der Waals surface area contributed by atoms with Crippen molar-refractivity contribution in [3.8, 4) is 0 Å². The van der Waals surface area contributed by atoms with Crippen LogP contribution in [0.15, 0.2) is 18.3 Å². The molecule has 6 nitrogen and oxygen atoms in total. The Morgan fingerprint density at radius 2 is 2.24 bits per heavy atom. The molecule has 0 atom stereocenters. The van der Waals surface area contributed by atoms with Crippen molar-refractivity contribution < 1.29 is 14.3 Å². The number of pyridine rings is 1. The van der Waals surface area contributed by atoms with Crippen LogP contribution in [-0.4, -0.2) is 30.1 Å². The number of rotatable bonds is 4.